The van der Waals surface area contributed by atoms with Crippen molar-refractivity contribution < 1.29 is 0 Å². The molecule has 0 N–H and O–H groups in total. The van der Waals surface area contributed by atoms with Crippen LogP contribution in [0.5, 0.6) is 0 Å². The van der Waals surface area contributed by atoms with Crippen molar-refractivity contribution in [3.05, 3.63) is 53.7 Å². The summed E-state index contributed by atoms with van der Waals surface area (Å²) in [6.45, 7) is 4.55. The summed E-state index contributed by atoms with van der Waals surface area (Å²) in [4.78, 5) is 4.71. The van der Waals surface area contributed by atoms with Crippen LogP contribution < -0.4 is 0 Å². The monoisotopic (exact) mass is 379 g/mol. The van der Waals surface area contributed by atoms with Gasteiger partial charge in [-0.15, -0.1) is 0 Å². The Bertz CT molecular complexity index is 612. The predicted molar refractivity (Wildman–Crippen MR) is 124 cm³/mol. The molecule has 0 fully saturated rings. The van der Waals surface area contributed by atoms with Crippen LogP contribution in [0.4, 0.5) is 0 Å². The third-order valence-corrected chi connectivity index (χ3v) is 5.71. The zero-order chi connectivity index (χ0) is 19.9. The normalized spacial score (nSPS) is 11.1. The molecule has 0 radical (unpaired) electrons. The van der Waals surface area contributed by atoms with Crippen molar-refractivity contribution in [2.45, 2.75) is 104 Å². The van der Waals surface area contributed by atoms with Gasteiger partial charge in [0.1, 0.15) is 0 Å². The number of hydrogen-bond acceptors (Lipinski definition) is 1. The summed E-state index contributed by atoms with van der Waals surface area (Å²) in [6, 6.07) is 13.5. The molecule has 0 saturated carbocycles. The fourth-order valence-electron chi connectivity index (χ4n) is 3.80. The Kier molecular flexibility index (Phi) is 11.6. The average molecular weight is 380 g/mol. The molecule has 28 heavy (non-hydrogen) atoms. The number of aromatic nitrogens is 1. The zero-order valence-corrected chi connectivity index (χ0v) is 18.4. The summed E-state index contributed by atoms with van der Waals surface area (Å²) in [6.07, 6.45) is 20.8. The van der Waals surface area contributed by atoms with Crippen molar-refractivity contribution in [3.8, 4) is 11.3 Å². The molecule has 1 nitrogen and oxygen atoms in total. The van der Waals surface area contributed by atoms with Crippen LogP contribution in [-0.2, 0) is 12.8 Å². The highest BCUT2D eigenvalue weighted by Gasteiger charge is 2.01. The highest BCUT2D eigenvalue weighted by atomic mass is 14.7. The van der Waals surface area contributed by atoms with E-state index in [1.54, 1.807) is 0 Å². The average Bonchev–Trinajstić information content (AvgIpc) is 2.74. The van der Waals surface area contributed by atoms with Crippen molar-refractivity contribution >= 4 is 0 Å². The van der Waals surface area contributed by atoms with Gasteiger partial charge in [-0.3, -0.25) is 4.98 Å². The fraction of sp³-hybridized carbons (Fsp3) is 0.593. The molecular weight excluding hydrogens is 338 g/mol. The number of nitrogens with zero attached hydrogens (tertiary/aromatic N) is 1. The Balaban J connectivity index is 1.70. The first-order chi connectivity index (χ1) is 13.8. The lowest BCUT2D eigenvalue weighted by Gasteiger charge is -2.06. The maximum atomic E-state index is 4.71. The minimum Gasteiger partial charge on any atom is -0.256 e. The molecule has 0 unspecified atom stereocenters. The Morgan fingerprint density at radius 3 is 1.57 bits per heavy atom. The number of unbranched alkanes of at least 4 members (excludes halogenated alkanes) is 10. The summed E-state index contributed by atoms with van der Waals surface area (Å²) in [5.74, 6) is 0. The number of aryl methyl sites for hydroxylation is 2. The Labute approximate surface area is 174 Å². The topological polar surface area (TPSA) is 12.9 Å². The second kappa shape index (κ2) is 14.4. The molecule has 0 bridgehead atoms. The van der Waals surface area contributed by atoms with Crippen molar-refractivity contribution in [1.29, 1.82) is 0 Å². The summed E-state index contributed by atoms with van der Waals surface area (Å²) in [5, 5.41) is 0. The van der Waals surface area contributed by atoms with Gasteiger partial charge in [-0.2, -0.15) is 0 Å². The molecule has 0 amide bonds. The molecule has 1 heteroatoms. The van der Waals surface area contributed by atoms with E-state index in [1.807, 2.05) is 0 Å². The number of rotatable bonds is 15. The first-order valence-corrected chi connectivity index (χ1v) is 11.9. The smallest absolute Gasteiger partial charge is 0.0702 e. The molecule has 0 spiro atoms. The van der Waals surface area contributed by atoms with Crippen LogP contribution in [0.15, 0.2) is 42.6 Å². The lowest BCUT2D eigenvalue weighted by atomic mass is 10.0. The molecule has 154 valence electrons. The quantitative estimate of drug-likeness (QED) is 0.282. The third kappa shape index (κ3) is 9.04. The first-order valence-electron chi connectivity index (χ1n) is 11.9. The molecule has 2 rings (SSSR count). The van der Waals surface area contributed by atoms with Gasteiger partial charge in [0, 0.05) is 11.8 Å². The van der Waals surface area contributed by atoms with E-state index < -0.39 is 0 Å². The van der Waals surface area contributed by atoms with Crippen LogP contribution in [0.3, 0.4) is 0 Å². The van der Waals surface area contributed by atoms with Crippen molar-refractivity contribution in [2.75, 3.05) is 0 Å². The Hall–Kier alpha value is -1.63. The molecule has 1 aromatic heterocycles. The van der Waals surface area contributed by atoms with E-state index in [-0.39, 0.29) is 0 Å². The molecule has 2 aromatic rings. The maximum Gasteiger partial charge on any atom is 0.0702 e. The molecule has 0 aliphatic rings. The van der Waals surface area contributed by atoms with E-state index in [1.165, 1.54) is 100 Å². The van der Waals surface area contributed by atoms with Gasteiger partial charge in [-0.1, -0.05) is 108 Å². The van der Waals surface area contributed by atoms with E-state index in [0.717, 1.165) is 12.1 Å². The molecule has 1 heterocycles. The van der Waals surface area contributed by atoms with Crippen molar-refractivity contribution in [3.63, 3.8) is 0 Å². The van der Waals surface area contributed by atoms with E-state index in [4.69, 9.17) is 4.98 Å². The van der Waals surface area contributed by atoms with Gasteiger partial charge >= 0.3 is 0 Å². The van der Waals surface area contributed by atoms with Crippen LogP contribution >= 0.6 is 0 Å². The second-order valence-electron chi connectivity index (χ2n) is 8.28. The van der Waals surface area contributed by atoms with E-state index >= 15 is 0 Å². The minimum absolute atomic E-state index is 1.10. The molecular formula is C27H41N. The Morgan fingerprint density at radius 1 is 0.536 bits per heavy atom. The van der Waals surface area contributed by atoms with Gasteiger partial charge < -0.3 is 0 Å². The number of hydrogen-bond donors (Lipinski definition) is 0. The molecule has 1 aromatic carbocycles. The van der Waals surface area contributed by atoms with Crippen molar-refractivity contribution in [1.82, 2.24) is 4.98 Å². The predicted octanol–water partition coefficient (Wildman–Crippen LogP) is 8.55. The largest absolute Gasteiger partial charge is 0.256 e. The number of benzene rings is 1. The van der Waals surface area contributed by atoms with Crippen LogP contribution in [0.25, 0.3) is 11.3 Å². The van der Waals surface area contributed by atoms with E-state index in [0.29, 0.717) is 0 Å². The lowest BCUT2D eigenvalue weighted by Crippen LogP contribution is -1.91. The third-order valence-electron chi connectivity index (χ3n) is 5.71. The van der Waals surface area contributed by atoms with E-state index in [2.05, 4.69) is 56.4 Å². The minimum atomic E-state index is 1.10. The van der Waals surface area contributed by atoms with Crippen LogP contribution in [0.1, 0.15) is 102 Å². The fourth-order valence-corrected chi connectivity index (χ4v) is 3.80. The highest BCUT2D eigenvalue weighted by Crippen LogP contribution is 2.20. The summed E-state index contributed by atoms with van der Waals surface area (Å²) in [5.41, 5.74) is 5.16. The van der Waals surface area contributed by atoms with Gasteiger partial charge in [-0.05, 0) is 42.9 Å². The van der Waals surface area contributed by atoms with Crippen LogP contribution in [-0.4, -0.2) is 4.98 Å². The SMILES string of the molecule is CCCCCCCCCc1ccc(-c2ccc(CCCCCCC)cc2)nc1. The number of pyridine rings is 1. The summed E-state index contributed by atoms with van der Waals surface area (Å²) in [7, 11) is 0. The summed E-state index contributed by atoms with van der Waals surface area (Å²) >= 11 is 0. The Morgan fingerprint density at radius 2 is 1.04 bits per heavy atom. The van der Waals surface area contributed by atoms with Crippen LogP contribution in [0, 0.1) is 0 Å². The van der Waals surface area contributed by atoms with Gasteiger partial charge in [0.15, 0.2) is 0 Å². The molecule has 0 atom stereocenters. The highest BCUT2D eigenvalue weighted by molar-refractivity contribution is 5.59. The van der Waals surface area contributed by atoms with Crippen LogP contribution in [0.2, 0.25) is 0 Å². The standard InChI is InChI=1S/C27H41N/c1-3-5-7-9-10-12-14-16-25-19-22-27(28-23-25)26-20-17-24(18-21-26)15-13-11-8-6-4-2/h17-23H,3-16H2,1-2H3. The van der Waals surface area contributed by atoms with Gasteiger partial charge in [-0.25, -0.2) is 0 Å². The van der Waals surface area contributed by atoms with Crippen molar-refractivity contribution in [2.24, 2.45) is 0 Å². The van der Waals surface area contributed by atoms with Gasteiger partial charge in [0.2, 0.25) is 0 Å². The molecule has 0 aliphatic heterocycles. The summed E-state index contributed by atoms with van der Waals surface area (Å²) < 4.78 is 0. The zero-order valence-electron chi connectivity index (χ0n) is 18.4. The van der Waals surface area contributed by atoms with E-state index in [9.17, 15) is 0 Å². The molecule has 0 aliphatic carbocycles. The lowest BCUT2D eigenvalue weighted by molar-refractivity contribution is 0.589. The molecule has 0 saturated heterocycles. The maximum absolute atomic E-state index is 4.71. The van der Waals surface area contributed by atoms with Gasteiger partial charge in [0.05, 0.1) is 5.69 Å². The van der Waals surface area contributed by atoms with Gasteiger partial charge in [0.25, 0.3) is 0 Å². The first kappa shape index (κ1) is 22.7. The second-order valence-corrected chi connectivity index (χ2v) is 8.28.